The highest BCUT2D eigenvalue weighted by Crippen LogP contribution is 2.21. The minimum atomic E-state index is 1.16. The van der Waals surface area contributed by atoms with Crippen LogP contribution in [0.1, 0.15) is 54.4 Å². The lowest BCUT2D eigenvalue weighted by Crippen LogP contribution is -1.90. The van der Waals surface area contributed by atoms with E-state index >= 15 is 0 Å². The lowest BCUT2D eigenvalue weighted by molar-refractivity contribution is 0.977. The zero-order valence-corrected chi connectivity index (χ0v) is 11.7. The summed E-state index contributed by atoms with van der Waals surface area (Å²) in [4.78, 5) is 0. The van der Waals surface area contributed by atoms with Gasteiger partial charge in [-0.05, 0) is 36.1 Å². The molecule has 0 bridgehead atoms. The van der Waals surface area contributed by atoms with Gasteiger partial charge in [0.1, 0.15) is 0 Å². The zero-order valence-electron chi connectivity index (χ0n) is 11.7. The Morgan fingerprint density at radius 2 is 1.44 bits per heavy atom. The predicted octanol–water partition coefficient (Wildman–Crippen LogP) is 5.59. The van der Waals surface area contributed by atoms with Crippen LogP contribution in [0.15, 0.2) is 46.9 Å². The molecule has 0 unspecified atom stereocenters. The molecule has 2 aliphatic carbocycles. The van der Waals surface area contributed by atoms with Crippen molar-refractivity contribution in [3.05, 3.63) is 46.9 Å². The summed E-state index contributed by atoms with van der Waals surface area (Å²) in [6.45, 7) is 12.0. The average Bonchev–Trinajstić information content (AvgIpc) is 2.45. The Morgan fingerprint density at radius 1 is 0.875 bits per heavy atom. The summed E-state index contributed by atoms with van der Waals surface area (Å²) in [6.07, 6.45) is 10.7. The Morgan fingerprint density at radius 3 is 2.00 bits per heavy atom. The first kappa shape index (κ1) is 17.2. The van der Waals surface area contributed by atoms with E-state index in [-0.39, 0.29) is 0 Å². The molecule has 0 radical (unpaired) electrons. The molecule has 0 saturated heterocycles. The van der Waals surface area contributed by atoms with E-state index in [1.54, 1.807) is 0 Å². The second kappa shape index (κ2) is 13.8. The lowest BCUT2D eigenvalue weighted by Gasteiger charge is -2.08. The molecule has 0 atom stereocenters. The lowest BCUT2D eigenvalue weighted by atomic mass is 9.96. The topological polar surface area (TPSA) is 0 Å². The molecule has 0 amide bonds. The van der Waals surface area contributed by atoms with Gasteiger partial charge < -0.3 is 0 Å². The Hall–Kier alpha value is -1.22. The van der Waals surface area contributed by atoms with Crippen molar-refractivity contribution in [2.24, 2.45) is 0 Å². The van der Waals surface area contributed by atoms with Gasteiger partial charge in [-0.1, -0.05) is 65.2 Å². The maximum atomic E-state index is 2.96. The van der Waals surface area contributed by atoms with Crippen LogP contribution >= 0.6 is 0 Å². The molecular weight excluding hydrogens is 192 g/mol. The van der Waals surface area contributed by atoms with Gasteiger partial charge in [-0.3, -0.25) is 0 Å². The van der Waals surface area contributed by atoms with E-state index in [1.807, 2.05) is 53.7 Å². The standard InChI is InChI=1S/C10H8.3C2H6/c1-2-6-10-8-4-3-7-9(10)5-1;3*1-2/h1,5,7-8H,2,6H2;3*1-2H3. The van der Waals surface area contributed by atoms with Crippen LogP contribution in [0, 0.1) is 0 Å². The minimum Gasteiger partial charge on any atom is -0.0836 e. The van der Waals surface area contributed by atoms with E-state index in [4.69, 9.17) is 0 Å². The fourth-order valence-corrected chi connectivity index (χ4v) is 1.25. The van der Waals surface area contributed by atoms with Gasteiger partial charge in [0.2, 0.25) is 0 Å². The largest absolute Gasteiger partial charge is 0.0836 e. The van der Waals surface area contributed by atoms with Gasteiger partial charge in [-0.25, -0.2) is 0 Å². The van der Waals surface area contributed by atoms with Gasteiger partial charge >= 0.3 is 0 Å². The Labute approximate surface area is 102 Å². The maximum Gasteiger partial charge on any atom is -0.00398 e. The number of hydrogen-bond donors (Lipinski definition) is 0. The molecule has 0 aromatic carbocycles. The molecule has 2 rings (SSSR count). The van der Waals surface area contributed by atoms with Gasteiger partial charge in [0, 0.05) is 0 Å². The van der Waals surface area contributed by atoms with Gasteiger partial charge in [-0.15, -0.1) is 0 Å². The second-order valence-corrected chi connectivity index (χ2v) is 2.50. The van der Waals surface area contributed by atoms with Crippen LogP contribution in [0.3, 0.4) is 0 Å². The molecule has 0 fully saturated rings. The van der Waals surface area contributed by atoms with Crippen LogP contribution in [0.2, 0.25) is 0 Å². The smallest absolute Gasteiger partial charge is 0.00398 e. The van der Waals surface area contributed by atoms with Crippen molar-refractivity contribution < 1.29 is 0 Å². The van der Waals surface area contributed by atoms with Crippen molar-refractivity contribution in [2.45, 2.75) is 54.4 Å². The van der Waals surface area contributed by atoms with Crippen LogP contribution in [0.5, 0.6) is 0 Å². The monoisotopic (exact) mass is 218 g/mol. The van der Waals surface area contributed by atoms with Gasteiger partial charge in [0.05, 0.1) is 0 Å². The first-order valence-corrected chi connectivity index (χ1v) is 6.54. The fraction of sp³-hybridized carbons (Fsp3) is 0.500. The van der Waals surface area contributed by atoms with Crippen LogP contribution in [0.25, 0.3) is 0 Å². The van der Waals surface area contributed by atoms with E-state index in [0.717, 1.165) is 6.42 Å². The molecule has 0 aromatic heterocycles. The highest BCUT2D eigenvalue weighted by atomic mass is 14.1. The predicted molar refractivity (Wildman–Crippen MR) is 75.6 cm³/mol. The third-order valence-corrected chi connectivity index (χ3v) is 1.81. The summed E-state index contributed by atoms with van der Waals surface area (Å²) in [5.74, 6) is 0. The van der Waals surface area contributed by atoms with Crippen molar-refractivity contribution in [2.75, 3.05) is 0 Å². The number of hydrogen-bond acceptors (Lipinski definition) is 0. The number of rotatable bonds is 0. The molecule has 0 nitrogen and oxygen atoms in total. The molecular formula is C16H26. The normalized spacial score (nSPS) is 13.6. The van der Waals surface area contributed by atoms with E-state index in [9.17, 15) is 0 Å². The fourth-order valence-electron chi connectivity index (χ4n) is 1.25. The Kier molecular flexibility index (Phi) is 14.8. The molecule has 0 spiro atoms. The summed E-state index contributed by atoms with van der Waals surface area (Å²) in [6, 6.07) is 0. The van der Waals surface area contributed by atoms with Crippen molar-refractivity contribution in [1.29, 1.82) is 0 Å². The second-order valence-electron chi connectivity index (χ2n) is 2.50. The highest BCUT2D eigenvalue weighted by molar-refractivity contribution is 5.44. The van der Waals surface area contributed by atoms with Gasteiger partial charge in [0.15, 0.2) is 0 Å². The molecule has 2 aliphatic rings. The third-order valence-electron chi connectivity index (χ3n) is 1.81. The summed E-state index contributed by atoms with van der Waals surface area (Å²) in [7, 11) is 0. The SMILES string of the molecule is C1=C=CC2=C(C=1)C=CCC2.CC.CC.CC. The number of allylic oxidation sites excluding steroid dienone is 6. The quantitative estimate of drug-likeness (QED) is 0.465. The minimum absolute atomic E-state index is 1.16. The highest BCUT2D eigenvalue weighted by Gasteiger charge is 2.03. The van der Waals surface area contributed by atoms with Crippen LogP contribution in [-0.4, -0.2) is 0 Å². The molecule has 90 valence electrons. The first-order valence-electron chi connectivity index (χ1n) is 6.54. The Bertz CT molecular complexity index is 301. The zero-order chi connectivity index (χ0) is 12.8. The van der Waals surface area contributed by atoms with Crippen molar-refractivity contribution >= 4 is 0 Å². The van der Waals surface area contributed by atoms with Crippen molar-refractivity contribution in [1.82, 2.24) is 0 Å². The Balaban J connectivity index is 0. The molecule has 0 aromatic rings. The third kappa shape index (κ3) is 6.30. The molecule has 0 saturated carbocycles. The van der Waals surface area contributed by atoms with Crippen LogP contribution in [-0.2, 0) is 0 Å². The summed E-state index contributed by atoms with van der Waals surface area (Å²) in [5.41, 5.74) is 8.62. The molecule has 0 heteroatoms. The summed E-state index contributed by atoms with van der Waals surface area (Å²) < 4.78 is 0. The first-order chi connectivity index (χ1) is 7.97. The summed E-state index contributed by atoms with van der Waals surface area (Å²) in [5, 5.41) is 0. The van der Waals surface area contributed by atoms with E-state index in [2.05, 4.69) is 23.6 Å². The molecule has 0 N–H and O–H groups in total. The van der Waals surface area contributed by atoms with Crippen molar-refractivity contribution in [3.8, 4) is 0 Å². The molecule has 0 heterocycles. The van der Waals surface area contributed by atoms with Gasteiger partial charge in [-0.2, -0.15) is 0 Å². The average molecular weight is 218 g/mol. The molecule has 16 heavy (non-hydrogen) atoms. The van der Waals surface area contributed by atoms with E-state index < -0.39 is 0 Å². The van der Waals surface area contributed by atoms with E-state index in [1.165, 1.54) is 17.6 Å². The van der Waals surface area contributed by atoms with Gasteiger partial charge in [0.25, 0.3) is 0 Å². The molecule has 0 aliphatic heterocycles. The van der Waals surface area contributed by atoms with E-state index in [0.29, 0.717) is 0 Å². The van der Waals surface area contributed by atoms with Crippen LogP contribution in [0.4, 0.5) is 0 Å². The maximum absolute atomic E-state index is 2.96. The summed E-state index contributed by atoms with van der Waals surface area (Å²) >= 11 is 0. The van der Waals surface area contributed by atoms with Crippen LogP contribution < -0.4 is 0 Å². The van der Waals surface area contributed by atoms with Crippen molar-refractivity contribution in [3.63, 3.8) is 0 Å².